The molecule has 0 radical (unpaired) electrons. The maximum absolute atomic E-state index is 14.4. The summed E-state index contributed by atoms with van der Waals surface area (Å²) in [5.74, 6) is -1.43. The van der Waals surface area contributed by atoms with Gasteiger partial charge in [-0.2, -0.15) is 0 Å². The molecule has 0 saturated heterocycles. The predicted molar refractivity (Wildman–Crippen MR) is 228 cm³/mol. The van der Waals surface area contributed by atoms with Gasteiger partial charge in [-0.15, -0.1) is 0 Å². The van der Waals surface area contributed by atoms with E-state index < -0.39 is 5.97 Å². The molecule has 4 N–H and O–H groups in total. The molecule has 0 fully saturated rings. The fourth-order valence-electron chi connectivity index (χ4n) is 8.59. The molecule has 1 amide bonds. The van der Waals surface area contributed by atoms with Gasteiger partial charge in [-0.3, -0.25) is 9.59 Å². The highest BCUT2D eigenvalue weighted by Gasteiger charge is 2.37. The van der Waals surface area contributed by atoms with Crippen LogP contribution >= 0.6 is 0 Å². The Balaban J connectivity index is 1.32. The zero-order valence-corrected chi connectivity index (χ0v) is 32.1. The molecule has 6 aromatic rings. The van der Waals surface area contributed by atoms with Gasteiger partial charge in [0.25, 0.3) is 5.91 Å². The highest BCUT2D eigenvalue weighted by Crippen LogP contribution is 2.52. The molecule has 0 heterocycles. The van der Waals surface area contributed by atoms with Gasteiger partial charge in [-0.05, 0) is 121 Å². The van der Waals surface area contributed by atoms with Crippen molar-refractivity contribution in [1.29, 1.82) is 0 Å². The number of carbonyl (C=O) groups is 3. The van der Waals surface area contributed by atoms with Crippen molar-refractivity contribution in [1.82, 2.24) is 0 Å². The Bertz CT molecular complexity index is 2690. The average Bonchev–Trinajstić information content (AvgIpc) is 3.18. The highest BCUT2D eigenvalue weighted by atomic mass is 16.4. The molecule has 2 aliphatic rings. The van der Waals surface area contributed by atoms with Crippen LogP contribution < -0.4 is 11.1 Å². The molecular formula is C50H44N2O4. The summed E-state index contributed by atoms with van der Waals surface area (Å²) in [6, 6.07) is 34.1. The Morgan fingerprint density at radius 2 is 1.48 bits per heavy atom. The minimum absolute atomic E-state index is 0.0892. The van der Waals surface area contributed by atoms with Crippen LogP contribution in [0.2, 0.25) is 0 Å². The standard InChI is InChI=1S/C50H44N2O4/c1-49(2)24-23-38-37(27-49)28-50(3,4)46-41(38)21-19-35-25-36(26-42(44(35)46)52-47(54)33-14-11-31(29-51)12-15-33)40-20-18-32-7-5-6-8-39(32)45(40)43(53)22-13-30-9-16-34(17-10-30)48(55)56/h5-26H,27-29,51H2,1-4H3,(H,52,54)(H,55,56). The Hall–Kier alpha value is -6.37. The molecule has 6 heteroatoms. The number of fused-ring (bicyclic) bond motifs is 5. The van der Waals surface area contributed by atoms with Crippen LogP contribution in [0, 0.1) is 5.41 Å². The first kappa shape index (κ1) is 36.6. The summed E-state index contributed by atoms with van der Waals surface area (Å²) in [4.78, 5) is 39.9. The summed E-state index contributed by atoms with van der Waals surface area (Å²) in [5.41, 5.74) is 16.0. The van der Waals surface area contributed by atoms with E-state index >= 15 is 0 Å². The van der Waals surface area contributed by atoms with Crippen LogP contribution in [0.5, 0.6) is 0 Å². The second-order valence-electron chi connectivity index (χ2n) is 16.4. The van der Waals surface area contributed by atoms with Gasteiger partial charge in [0.05, 0.1) is 5.56 Å². The molecule has 56 heavy (non-hydrogen) atoms. The van der Waals surface area contributed by atoms with Crippen molar-refractivity contribution in [2.75, 3.05) is 5.32 Å². The number of hydrogen-bond donors (Lipinski definition) is 3. The molecule has 6 nitrogen and oxygen atoms in total. The van der Waals surface area contributed by atoms with Gasteiger partial charge in [-0.25, -0.2) is 4.79 Å². The van der Waals surface area contributed by atoms with Gasteiger partial charge < -0.3 is 16.2 Å². The van der Waals surface area contributed by atoms with Crippen molar-refractivity contribution in [3.63, 3.8) is 0 Å². The lowest BCUT2D eigenvalue weighted by atomic mass is 9.64. The second kappa shape index (κ2) is 14.0. The van der Waals surface area contributed by atoms with Gasteiger partial charge >= 0.3 is 5.97 Å². The summed E-state index contributed by atoms with van der Waals surface area (Å²) >= 11 is 0. The molecule has 0 spiro atoms. The predicted octanol–water partition coefficient (Wildman–Crippen LogP) is 11.4. The molecule has 278 valence electrons. The molecule has 6 aromatic carbocycles. The van der Waals surface area contributed by atoms with Gasteiger partial charge in [-0.1, -0.05) is 124 Å². The zero-order chi connectivity index (χ0) is 39.4. The highest BCUT2D eigenvalue weighted by molar-refractivity contribution is 6.20. The SMILES string of the molecule is CC1(C)C=CC2=C(C1)CC(C)(C)c1c2ccc2cc(-c3ccc4ccccc4c3C(=O)C=Cc3ccc(C(=O)O)cc3)cc(NC(=O)c3ccc(CN)cc3)c12. The van der Waals surface area contributed by atoms with E-state index in [1.807, 2.05) is 54.6 Å². The lowest BCUT2D eigenvalue weighted by Gasteiger charge is -2.40. The number of allylic oxidation sites excluding steroid dienone is 5. The first-order chi connectivity index (χ1) is 26.8. The largest absolute Gasteiger partial charge is 0.478 e. The third-order valence-corrected chi connectivity index (χ3v) is 11.3. The molecule has 0 unspecified atom stereocenters. The summed E-state index contributed by atoms with van der Waals surface area (Å²) in [6.45, 7) is 9.55. The Kier molecular flexibility index (Phi) is 9.18. The fraction of sp³-hybridized carbons (Fsp3) is 0.180. The van der Waals surface area contributed by atoms with E-state index in [1.165, 1.54) is 34.4 Å². The van der Waals surface area contributed by atoms with Crippen molar-refractivity contribution in [2.24, 2.45) is 11.1 Å². The number of aromatic carboxylic acids is 1. The van der Waals surface area contributed by atoms with Crippen LogP contribution in [0.1, 0.15) is 93.9 Å². The Morgan fingerprint density at radius 1 is 0.786 bits per heavy atom. The van der Waals surface area contributed by atoms with E-state index in [2.05, 4.69) is 63.4 Å². The monoisotopic (exact) mass is 736 g/mol. The van der Waals surface area contributed by atoms with Gasteiger partial charge in [0, 0.05) is 28.7 Å². The normalized spacial score (nSPS) is 15.5. The zero-order valence-electron chi connectivity index (χ0n) is 32.1. The lowest BCUT2D eigenvalue weighted by Crippen LogP contribution is -2.28. The maximum atomic E-state index is 14.4. The number of hydrogen-bond acceptors (Lipinski definition) is 4. The number of anilines is 1. The maximum Gasteiger partial charge on any atom is 0.335 e. The van der Waals surface area contributed by atoms with Crippen molar-refractivity contribution < 1.29 is 19.5 Å². The number of nitrogens with one attached hydrogen (secondary N) is 1. The quantitative estimate of drug-likeness (QED) is 0.106. The first-order valence-corrected chi connectivity index (χ1v) is 19.0. The minimum atomic E-state index is -1.01. The van der Waals surface area contributed by atoms with E-state index in [9.17, 15) is 19.5 Å². The number of carbonyl (C=O) groups excluding carboxylic acids is 2. The van der Waals surface area contributed by atoms with Crippen LogP contribution in [-0.4, -0.2) is 22.8 Å². The number of rotatable bonds is 8. The van der Waals surface area contributed by atoms with E-state index in [0.29, 0.717) is 28.9 Å². The molecule has 2 aliphatic carbocycles. The van der Waals surface area contributed by atoms with Crippen LogP contribution in [0.4, 0.5) is 5.69 Å². The Labute approximate surface area is 327 Å². The van der Waals surface area contributed by atoms with Gasteiger partial charge in [0.1, 0.15) is 0 Å². The second-order valence-corrected chi connectivity index (χ2v) is 16.4. The first-order valence-electron chi connectivity index (χ1n) is 19.0. The topological polar surface area (TPSA) is 109 Å². The number of nitrogens with two attached hydrogens (primary N) is 1. The molecule has 0 aromatic heterocycles. The molecular weight excluding hydrogens is 693 g/mol. The van der Waals surface area contributed by atoms with E-state index in [4.69, 9.17) is 5.73 Å². The summed E-state index contributed by atoms with van der Waals surface area (Å²) < 4.78 is 0. The van der Waals surface area contributed by atoms with Gasteiger partial charge in [0.15, 0.2) is 5.78 Å². The van der Waals surface area contributed by atoms with E-state index in [0.717, 1.165) is 51.1 Å². The molecule has 0 bridgehead atoms. The molecule has 0 aliphatic heterocycles. The van der Waals surface area contributed by atoms with Crippen LogP contribution in [-0.2, 0) is 12.0 Å². The van der Waals surface area contributed by atoms with Crippen molar-refractivity contribution in [3.05, 3.63) is 172 Å². The smallest absolute Gasteiger partial charge is 0.335 e. The molecule has 8 rings (SSSR count). The fourth-order valence-corrected chi connectivity index (χ4v) is 8.59. The van der Waals surface area contributed by atoms with Crippen LogP contribution in [0.3, 0.4) is 0 Å². The van der Waals surface area contributed by atoms with Gasteiger partial charge in [0.2, 0.25) is 0 Å². The number of ketones is 1. The summed E-state index contributed by atoms with van der Waals surface area (Å²) in [7, 11) is 0. The number of amides is 1. The Morgan fingerprint density at radius 3 is 2.21 bits per heavy atom. The number of carboxylic acid groups (broad SMARTS) is 1. The van der Waals surface area contributed by atoms with Crippen LogP contribution in [0.15, 0.2) is 133 Å². The summed E-state index contributed by atoms with van der Waals surface area (Å²) in [5, 5.41) is 16.4. The third kappa shape index (κ3) is 6.78. The van der Waals surface area contributed by atoms with Crippen molar-refractivity contribution in [2.45, 2.75) is 52.5 Å². The molecule has 0 saturated carbocycles. The van der Waals surface area contributed by atoms with E-state index in [1.54, 1.807) is 36.4 Å². The van der Waals surface area contributed by atoms with Crippen LogP contribution in [0.25, 0.3) is 44.3 Å². The lowest BCUT2D eigenvalue weighted by molar-refractivity contribution is 0.0696. The van der Waals surface area contributed by atoms with E-state index in [-0.39, 0.29) is 28.1 Å². The third-order valence-electron chi connectivity index (χ3n) is 11.3. The summed E-state index contributed by atoms with van der Waals surface area (Å²) in [6.07, 6.45) is 9.76. The van der Waals surface area contributed by atoms with Crippen molar-refractivity contribution in [3.8, 4) is 11.1 Å². The minimum Gasteiger partial charge on any atom is -0.478 e. The average molecular weight is 737 g/mol. The number of benzene rings is 6. The molecule has 0 atom stereocenters. The number of carboxylic acids is 1. The van der Waals surface area contributed by atoms with Crippen molar-refractivity contribution >= 4 is 56.5 Å².